The summed E-state index contributed by atoms with van der Waals surface area (Å²) in [5, 5.41) is 0. The van der Waals surface area contributed by atoms with E-state index in [-0.39, 0.29) is 30.4 Å². The summed E-state index contributed by atoms with van der Waals surface area (Å²) in [5.74, 6) is 0.560. The van der Waals surface area contributed by atoms with Crippen LogP contribution in [0.15, 0.2) is 16.7 Å². The van der Waals surface area contributed by atoms with Gasteiger partial charge in [0.05, 0.1) is 0 Å². The average molecular weight is 326 g/mol. The molecule has 0 aromatic rings. The summed E-state index contributed by atoms with van der Waals surface area (Å²) in [5.41, 5.74) is 10.9. The van der Waals surface area contributed by atoms with Gasteiger partial charge in [-0.1, -0.05) is 47.5 Å². The van der Waals surface area contributed by atoms with Gasteiger partial charge in [-0.15, -0.1) is 12.5 Å². The minimum Gasteiger partial charge on any atom is -1.00 e. The van der Waals surface area contributed by atoms with Crippen LogP contribution in [0.3, 0.4) is 0 Å². The molecule has 0 aliphatic heterocycles. The molecule has 18 heavy (non-hydrogen) atoms. The number of allylic oxidation sites excluding steroid dienone is 4. The third-order valence-electron chi connectivity index (χ3n) is 2.24. The van der Waals surface area contributed by atoms with Crippen molar-refractivity contribution in [1.82, 2.24) is 0 Å². The van der Waals surface area contributed by atoms with Gasteiger partial charge in [0.1, 0.15) is 0 Å². The Morgan fingerprint density at radius 1 is 1.11 bits per heavy atom. The van der Waals surface area contributed by atoms with Crippen LogP contribution in [0.25, 0.3) is 5.73 Å². The molecule has 1 N–H and O–H groups in total. The minimum absolute atomic E-state index is 0. The Morgan fingerprint density at radius 2 is 1.39 bits per heavy atom. The van der Waals surface area contributed by atoms with Gasteiger partial charge < -0.3 is 30.5 Å². The zero-order valence-electron chi connectivity index (χ0n) is 12.5. The predicted octanol–water partition coefficient (Wildman–Crippen LogP) is -1.47. The zero-order chi connectivity index (χ0) is 13.5. The summed E-state index contributed by atoms with van der Waals surface area (Å²) in [4.78, 5) is 3.25. The standard InChI is InChI=1S/C9H13.C4H10N.CH2.2ClH.Ti/c1-6-5-7(2)9(4)8(6)3;1-4(2,3)5;;;;/h6H,1-4H3;5H,1-3H3;1H2;2*1H;/q2*-1;;;;+2/p-2. The molecule has 1 aliphatic rings. The number of hydrogen-bond acceptors (Lipinski definition) is 0. The Bertz CT molecular complexity index is 272. The molecule has 1 nitrogen and oxygen atoms in total. The number of halogens is 2. The number of nitrogens with one attached hydrogen (secondary N) is 1. The van der Waals surface area contributed by atoms with Crippen LogP contribution >= 0.6 is 0 Å². The molecule has 0 aromatic heterocycles. The Kier molecular flexibility index (Phi) is 19.0. The second kappa shape index (κ2) is 12.6. The maximum Gasteiger partial charge on any atom is -1.00 e. The maximum atomic E-state index is 6.94. The van der Waals surface area contributed by atoms with Crippen molar-refractivity contribution >= 4 is 4.82 Å². The molecule has 0 amide bonds. The summed E-state index contributed by atoms with van der Waals surface area (Å²) < 4.78 is 0. The smallest absolute Gasteiger partial charge is 1.00 e. The first-order chi connectivity index (χ1) is 7.13. The van der Waals surface area contributed by atoms with Gasteiger partial charge in [0, 0.05) is 0 Å². The topological polar surface area (TPSA) is 23.8 Å². The fourth-order valence-electron chi connectivity index (χ4n) is 1.16. The Labute approximate surface area is 137 Å². The molecule has 106 valence electrons. The van der Waals surface area contributed by atoms with Crippen LogP contribution in [0.5, 0.6) is 0 Å². The molecular formula is C14H25Cl2NTi-2. The van der Waals surface area contributed by atoms with E-state index in [0.29, 0.717) is 5.92 Å². The van der Waals surface area contributed by atoms with Crippen LogP contribution < -0.4 is 24.8 Å². The van der Waals surface area contributed by atoms with Gasteiger partial charge in [-0.3, -0.25) is 6.08 Å². The number of rotatable bonds is 0. The van der Waals surface area contributed by atoms with Gasteiger partial charge >= 0.3 is 24.8 Å². The van der Waals surface area contributed by atoms with E-state index in [1.807, 2.05) is 20.8 Å². The average Bonchev–Trinajstić information content (AvgIpc) is 2.34. The summed E-state index contributed by atoms with van der Waals surface area (Å²) in [6.07, 6.45) is 3.36. The van der Waals surface area contributed by atoms with Crippen molar-refractivity contribution in [2.24, 2.45) is 5.92 Å². The summed E-state index contributed by atoms with van der Waals surface area (Å²) >= 11 is 1.75. The molecule has 1 aliphatic carbocycles. The van der Waals surface area contributed by atoms with Gasteiger partial charge in [-0.05, 0) is 0 Å². The van der Waals surface area contributed by atoms with E-state index in [2.05, 4.69) is 38.6 Å². The van der Waals surface area contributed by atoms with Crippen LogP contribution in [-0.4, -0.2) is 10.4 Å². The normalized spacial score (nSPS) is 17.2. The van der Waals surface area contributed by atoms with Crippen LogP contribution in [0, 0.1) is 12.0 Å². The molecule has 0 radical (unpaired) electrons. The van der Waals surface area contributed by atoms with Crippen molar-refractivity contribution in [3.63, 3.8) is 0 Å². The van der Waals surface area contributed by atoms with Crippen LogP contribution in [0.4, 0.5) is 0 Å². The molecule has 0 spiro atoms. The fraction of sp³-hybridized carbons (Fsp3) is 0.643. The third-order valence-corrected chi connectivity index (χ3v) is 2.24. The van der Waals surface area contributed by atoms with Crippen molar-refractivity contribution in [3.05, 3.63) is 28.5 Å². The van der Waals surface area contributed by atoms with Gasteiger partial charge in [-0.2, -0.15) is 11.1 Å². The summed E-state index contributed by atoms with van der Waals surface area (Å²) in [6, 6.07) is 0. The van der Waals surface area contributed by atoms with E-state index in [9.17, 15) is 0 Å². The van der Waals surface area contributed by atoms with Crippen molar-refractivity contribution in [2.45, 2.75) is 54.0 Å². The molecule has 0 saturated heterocycles. The molecule has 4 heteroatoms. The van der Waals surface area contributed by atoms with Gasteiger partial charge in [0.2, 0.25) is 0 Å². The van der Waals surface area contributed by atoms with Gasteiger partial charge in [0.25, 0.3) is 0 Å². The zero-order valence-corrected chi connectivity index (χ0v) is 15.6. The molecule has 0 heterocycles. The molecular weight excluding hydrogens is 301 g/mol. The van der Waals surface area contributed by atoms with Crippen molar-refractivity contribution in [2.75, 3.05) is 0 Å². The predicted molar refractivity (Wildman–Crippen MR) is 71.2 cm³/mol. The minimum atomic E-state index is -0.250. The van der Waals surface area contributed by atoms with Crippen molar-refractivity contribution in [3.8, 4) is 0 Å². The second-order valence-electron chi connectivity index (χ2n) is 5.05. The fourth-order valence-corrected chi connectivity index (χ4v) is 1.16. The van der Waals surface area contributed by atoms with Crippen LogP contribution in [0.2, 0.25) is 0 Å². The van der Waals surface area contributed by atoms with E-state index < -0.39 is 0 Å². The van der Waals surface area contributed by atoms with Gasteiger partial charge in [0.15, 0.2) is 0 Å². The Hall–Kier alpha value is 0.604. The van der Waals surface area contributed by atoms with E-state index in [1.54, 1.807) is 20.0 Å². The van der Waals surface area contributed by atoms with E-state index in [0.717, 1.165) is 0 Å². The molecule has 0 saturated carbocycles. The van der Waals surface area contributed by atoms with Crippen LogP contribution in [0.1, 0.15) is 48.5 Å². The van der Waals surface area contributed by atoms with Crippen molar-refractivity contribution < 1.29 is 44.8 Å². The molecule has 0 aromatic carbocycles. The molecule has 1 unspecified atom stereocenters. The third kappa shape index (κ3) is 14.7. The monoisotopic (exact) mass is 325 g/mol. The Balaban J connectivity index is -0.0000000959. The summed E-state index contributed by atoms with van der Waals surface area (Å²) in [6.45, 7) is 14.2. The second-order valence-corrected chi connectivity index (χ2v) is 5.05. The molecule has 0 fully saturated rings. The van der Waals surface area contributed by atoms with Crippen LogP contribution in [-0.2, 0) is 20.0 Å². The first-order valence-electron chi connectivity index (χ1n) is 5.51. The first-order valence-corrected chi connectivity index (χ1v) is 6.61. The number of hydrogen-bond donors (Lipinski definition) is 0. The Morgan fingerprint density at radius 3 is 1.44 bits per heavy atom. The summed E-state index contributed by atoms with van der Waals surface area (Å²) in [7, 11) is 0. The first kappa shape index (κ1) is 27.0. The van der Waals surface area contributed by atoms with E-state index in [1.165, 1.54) is 16.7 Å². The molecule has 1 atom stereocenters. The van der Waals surface area contributed by atoms with E-state index in [4.69, 9.17) is 5.73 Å². The molecule has 1 rings (SSSR count). The largest absolute Gasteiger partial charge is 1.00 e. The SMILES string of the molecule is CC(C)(C)[NH-].CC1=[C-]C(C)C(C)=C1C.[CH2]=[Ti+2].[Cl-].[Cl-]. The van der Waals surface area contributed by atoms with Gasteiger partial charge in [-0.25, -0.2) is 5.57 Å². The quantitative estimate of drug-likeness (QED) is 0.384. The van der Waals surface area contributed by atoms with Crippen molar-refractivity contribution in [1.29, 1.82) is 0 Å². The maximum absolute atomic E-state index is 6.94. The molecule has 0 bridgehead atoms. The van der Waals surface area contributed by atoms with E-state index >= 15 is 0 Å².